The summed E-state index contributed by atoms with van der Waals surface area (Å²) in [5, 5.41) is 3.81. The number of oxime groups is 1. The average Bonchev–Trinajstić information content (AvgIpc) is 2.44. The molecule has 0 amide bonds. The van der Waals surface area contributed by atoms with Crippen LogP contribution in [-0.4, -0.2) is 13.3 Å². The molecule has 0 bridgehead atoms. The standard InChI is InChI=1S/C15H14FNO2/c1-18-15-8-3-2-6-13(15)11-19-17-10-12-5-4-7-14(16)9-12/h2-10H,11H2,1H3. The molecule has 0 radical (unpaired) electrons. The van der Waals surface area contributed by atoms with Crippen LogP contribution in [0.2, 0.25) is 0 Å². The highest BCUT2D eigenvalue weighted by Gasteiger charge is 2.00. The van der Waals surface area contributed by atoms with Crippen LogP contribution in [0.1, 0.15) is 11.1 Å². The van der Waals surface area contributed by atoms with Crippen molar-refractivity contribution in [2.75, 3.05) is 7.11 Å². The lowest BCUT2D eigenvalue weighted by atomic mass is 10.2. The topological polar surface area (TPSA) is 30.8 Å². The minimum absolute atomic E-state index is 0.298. The molecule has 4 heteroatoms. The Balaban J connectivity index is 1.93. The average molecular weight is 259 g/mol. The predicted molar refractivity (Wildman–Crippen MR) is 71.8 cm³/mol. The second-order valence-corrected chi connectivity index (χ2v) is 3.87. The summed E-state index contributed by atoms with van der Waals surface area (Å²) in [6.45, 7) is 0.301. The van der Waals surface area contributed by atoms with Crippen LogP contribution in [0, 0.1) is 5.82 Å². The Hall–Kier alpha value is -2.36. The van der Waals surface area contributed by atoms with Gasteiger partial charge >= 0.3 is 0 Å². The molecular formula is C15H14FNO2. The summed E-state index contributed by atoms with van der Waals surface area (Å²) >= 11 is 0. The van der Waals surface area contributed by atoms with Crippen LogP contribution in [-0.2, 0) is 11.4 Å². The van der Waals surface area contributed by atoms with Gasteiger partial charge in [0.2, 0.25) is 0 Å². The maximum atomic E-state index is 12.9. The number of para-hydroxylation sites is 1. The van der Waals surface area contributed by atoms with E-state index in [1.165, 1.54) is 18.3 Å². The Labute approximate surface area is 111 Å². The molecule has 0 saturated carbocycles. The fourth-order valence-corrected chi connectivity index (χ4v) is 1.61. The van der Waals surface area contributed by atoms with E-state index in [9.17, 15) is 4.39 Å². The fraction of sp³-hybridized carbons (Fsp3) is 0.133. The van der Waals surface area contributed by atoms with Crippen molar-refractivity contribution in [2.24, 2.45) is 5.16 Å². The lowest BCUT2D eigenvalue weighted by Crippen LogP contribution is -1.93. The monoisotopic (exact) mass is 259 g/mol. The molecule has 0 saturated heterocycles. The number of halogens is 1. The maximum absolute atomic E-state index is 12.9. The smallest absolute Gasteiger partial charge is 0.145 e. The van der Waals surface area contributed by atoms with Crippen molar-refractivity contribution in [3.63, 3.8) is 0 Å². The highest BCUT2D eigenvalue weighted by Crippen LogP contribution is 2.17. The van der Waals surface area contributed by atoms with Gasteiger partial charge in [-0.15, -0.1) is 0 Å². The molecular weight excluding hydrogens is 245 g/mol. The highest BCUT2D eigenvalue weighted by atomic mass is 19.1. The largest absolute Gasteiger partial charge is 0.496 e. The molecule has 0 spiro atoms. The first kappa shape index (κ1) is 13.1. The highest BCUT2D eigenvalue weighted by molar-refractivity contribution is 5.78. The molecule has 98 valence electrons. The molecule has 19 heavy (non-hydrogen) atoms. The molecule has 3 nitrogen and oxygen atoms in total. The van der Waals surface area contributed by atoms with Gasteiger partial charge in [0.25, 0.3) is 0 Å². The Kier molecular flexibility index (Phi) is 4.50. The second-order valence-electron chi connectivity index (χ2n) is 3.87. The minimum atomic E-state index is -0.298. The van der Waals surface area contributed by atoms with Crippen molar-refractivity contribution in [3.05, 3.63) is 65.5 Å². The van der Waals surface area contributed by atoms with Crippen LogP contribution >= 0.6 is 0 Å². The summed E-state index contributed by atoms with van der Waals surface area (Å²) in [5.74, 6) is 0.456. The fourth-order valence-electron chi connectivity index (χ4n) is 1.61. The molecule has 0 fully saturated rings. The molecule has 2 rings (SSSR count). The second kappa shape index (κ2) is 6.54. The summed E-state index contributed by atoms with van der Waals surface area (Å²) in [6, 6.07) is 13.7. The van der Waals surface area contributed by atoms with Gasteiger partial charge in [0.15, 0.2) is 0 Å². The van der Waals surface area contributed by atoms with Crippen molar-refractivity contribution in [3.8, 4) is 5.75 Å². The summed E-state index contributed by atoms with van der Waals surface area (Å²) in [4.78, 5) is 5.17. The molecule has 0 aliphatic carbocycles. The number of methoxy groups -OCH3 is 1. The molecule has 0 heterocycles. The van der Waals surface area contributed by atoms with Crippen LogP contribution in [0.3, 0.4) is 0 Å². The summed E-state index contributed by atoms with van der Waals surface area (Å²) in [7, 11) is 1.61. The molecule has 0 unspecified atom stereocenters. The molecule has 2 aromatic carbocycles. The minimum Gasteiger partial charge on any atom is -0.496 e. The first-order valence-electron chi connectivity index (χ1n) is 5.82. The maximum Gasteiger partial charge on any atom is 0.145 e. The van der Waals surface area contributed by atoms with Gasteiger partial charge in [0.1, 0.15) is 18.2 Å². The van der Waals surface area contributed by atoms with E-state index >= 15 is 0 Å². The van der Waals surface area contributed by atoms with E-state index in [-0.39, 0.29) is 5.82 Å². The van der Waals surface area contributed by atoms with E-state index in [2.05, 4.69) is 5.16 Å². The Morgan fingerprint density at radius 2 is 2.00 bits per heavy atom. The Bertz CT molecular complexity index is 570. The van der Waals surface area contributed by atoms with Crippen LogP contribution in [0.15, 0.2) is 53.7 Å². The normalized spacial score (nSPS) is 10.6. The molecule has 0 atom stereocenters. The van der Waals surface area contributed by atoms with Crippen molar-refractivity contribution < 1.29 is 14.0 Å². The Morgan fingerprint density at radius 3 is 2.79 bits per heavy atom. The zero-order valence-corrected chi connectivity index (χ0v) is 10.5. The third kappa shape index (κ3) is 3.81. The van der Waals surface area contributed by atoms with Gasteiger partial charge < -0.3 is 9.57 Å². The van der Waals surface area contributed by atoms with Gasteiger partial charge in [-0.3, -0.25) is 0 Å². The van der Waals surface area contributed by atoms with Crippen LogP contribution in [0.25, 0.3) is 0 Å². The Morgan fingerprint density at radius 1 is 1.16 bits per heavy atom. The number of rotatable bonds is 5. The quantitative estimate of drug-likeness (QED) is 0.608. The van der Waals surface area contributed by atoms with Crippen molar-refractivity contribution in [2.45, 2.75) is 6.61 Å². The van der Waals surface area contributed by atoms with Gasteiger partial charge in [0, 0.05) is 5.56 Å². The van der Waals surface area contributed by atoms with Gasteiger partial charge in [-0.2, -0.15) is 0 Å². The van der Waals surface area contributed by atoms with Crippen LogP contribution < -0.4 is 4.74 Å². The van der Waals surface area contributed by atoms with Gasteiger partial charge in [0.05, 0.1) is 13.3 Å². The third-order valence-electron chi connectivity index (χ3n) is 2.54. The van der Waals surface area contributed by atoms with E-state index in [0.29, 0.717) is 12.2 Å². The SMILES string of the molecule is COc1ccccc1CON=Cc1cccc(F)c1. The van der Waals surface area contributed by atoms with E-state index in [0.717, 1.165) is 11.3 Å². The first-order valence-corrected chi connectivity index (χ1v) is 5.82. The van der Waals surface area contributed by atoms with Crippen molar-refractivity contribution in [1.82, 2.24) is 0 Å². The predicted octanol–water partition coefficient (Wildman–Crippen LogP) is 3.39. The number of hydrogen-bond acceptors (Lipinski definition) is 3. The van der Waals surface area contributed by atoms with Crippen LogP contribution in [0.5, 0.6) is 5.75 Å². The lowest BCUT2D eigenvalue weighted by Gasteiger charge is -2.06. The summed E-state index contributed by atoms with van der Waals surface area (Å²) in [5.41, 5.74) is 1.56. The number of hydrogen-bond donors (Lipinski definition) is 0. The zero-order valence-electron chi connectivity index (χ0n) is 10.5. The number of ether oxygens (including phenoxy) is 1. The summed E-state index contributed by atoms with van der Waals surface area (Å²) in [6.07, 6.45) is 1.47. The first-order chi connectivity index (χ1) is 9.29. The zero-order chi connectivity index (χ0) is 13.5. The molecule has 0 aliphatic rings. The molecule has 2 aromatic rings. The van der Waals surface area contributed by atoms with E-state index in [4.69, 9.17) is 9.57 Å². The number of nitrogens with zero attached hydrogens (tertiary/aromatic N) is 1. The van der Waals surface area contributed by atoms with Gasteiger partial charge in [-0.25, -0.2) is 4.39 Å². The van der Waals surface area contributed by atoms with E-state index in [1.54, 1.807) is 19.2 Å². The van der Waals surface area contributed by atoms with Crippen molar-refractivity contribution in [1.29, 1.82) is 0 Å². The number of benzene rings is 2. The molecule has 0 aliphatic heterocycles. The lowest BCUT2D eigenvalue weighted by molar-refractivity contribution is 0.130. The molecule has 0 N–H and O–H groups in total. The molecule has 0 aromatic heterocycles. The van der Waals surface area contributed by atoms with E-state index in [1.807, 2.05) is 24.3 Å². The van der Waals surface area contributed by atoms with Gasteiger partial charge in [-0.05, 0) is 23.8 Å². The van der Waals surface area contributed by atoms with E-state index < -0.39 is 0 Å². The van der Waals surface area contributed by atoms with Crippen molar-refractivity contribution >= 4 is 6.21 Å². The summed E-state index contributed by atoms with van der Waals surface area (Å²) < 4.78 is 18.1. The van der Waals surface area contributed by atoms with Crippen LogP contribution in [0.4, 0.5) is 4.39 Å². The third-order valence-corrected chi connectivity index (χ3v) is 2.54. The van der Waals surface area contributed by atoms with Gasteiger partial charge in [-0.1, -0.05) is 35.5 Å².